The lowest BCUT2D eigenvalue weighted by Crippen LogP contribution is -2.12. The molecule has 1 aromatic heterocycles. The Morgan fingerprint density at radius 2 is 2.00 bits per heavy atom. The van der Waals surface area contributed by atoms with Crippen molar-refractivity contribution in [3.63, 3.8) is 0 Å². The number of fused-ring (bicyclic) bond motifs is 1. The molecule has 3 aromatic rings. The molecule has 0 aliphatic rings. The highest BCUT2D eigenvalue weighted by molar-refractivity contribution is 14.1. The Hall–Kier alpha value is -1.40. The monoisotopic (exact) mass is 381 g/mol. The molecule has 3 rings (SSSR count). The molecule has 1 atom stereocenters. The van der Waals surface area contributed by atoms with Crippen molar-refractivity contribution in [2.24, 2.45) is 5.73 Å². The molecule has 0 fully saturated rings. The third kappa shape index (κ3) is 2.33. The van der Waals surface area contributed by atoms with Crippen LogP contribution in [0.2, 0.25) is 0 Å². The van der Waals surface area contributed by atoms with Gasteiger partial charge in [0.25, 0.3) is 0 Å². The molecule has 0 aliphatic carbocycles. The summed E-state index contributed by atoms with van der Waals surface area (Å²) in [6, 6.07) is 12.2. The van der Waals surface area contributed by atoms with Crippen molar-refractivity contribution in [3.05, 3.63) is 68.7 Å². The zero-order valence-corrected chi connectivity index (χ0v) is 13.0. The molecule has 2 nitrogen and oxygen atoms in total. The topological polar surface area (TPSA) is 39.2 Å². The lowest BCUT2D eigenvalue weighted by atomic mass is 10.1. The highest BCUT2D eigenvalue weighted by Gasteiger charge is 2.17. The fourth-order valence-corrected chi connectivity index (χ4v) is 3.10. The lowest BCUT2D eigenvalue weighted by Gasteiger charge is -2.11. The molecule has 1 heterocycles. The number of para-hydroxylation sites is 1. The number of benzene rings is 2. The number of halogens is 2. The molecule has 0 spiro atoms. The lowest BCUT2D eigenvalue weighted by molar-refractivity contribution is 0.522. The molecule has 0 amide bonds. The minimum absolute atomic E-state index is 0.259. The first kappa shape index (κ1) is 13.6. The highest BCUT2D eigenvalue weighted by atomic mass is 127. The van der Waals surface area contributed by atoms with Gasteiger partial charge >= 0.3 is 0 Å². The first-order valence-corrected chi connectivity index (χ1v) is 7.34. The molecular formula is C16H13FINO. The van der Waals surface area contributed by atoms with Crippen molar-refractivity contribution >= 4 is 33.6 Å². The highest BCUT2D eigenvalue weighted by Crippen LogP contribution is 2.30. The Labute approximate surface area is 129 Å². The Bertz CT molecular complexity index is 781. The van der Waals surface area contributed by atoms with E-state index in [9.17, 15) is 4.39 Å². The van der Waals surface area contributed by atoms with Gasteiger partial charge in [-0.15, -0.1) is 0 Å². The van der Waals surface area contributed by atoms with Crippen molar-refractivity contribution in [1.29, 1.82) is 0 Å². The molecule has 0 aliphatic heterocycles. The predicted octanol–water partition coefficient (Wildman–Crippen LogP) is 4.53. The van der Waals surface area contributed by atoms with Gasteiger partial charge in [-0.2, -0.15) is 0 Å². The Morgan fingerprint density at radius 3 is 2.70 bits per heavy atom. The summed E-state index contributed by atoms with van der Waals surface area (Å²) in [5.74, 6) is 0.435. The van der Waals surface area contributed by atoms with Crippen molar-refractivity contribution < 1.29 is 8.81 Å². The number of hydrogen-bond acceptors (Lipinski definition) is 2. The molecule has 2 N–H and O–H groups in total. The van der Waals surface area contributed by atoms with E-state index in [1.165, 1.54) is 12.1 Å². The van der Waals surface area contributed by atoms with Crippen LogP contribution in [0, 0.1) is 16.3 Å². The Balaban J connectivity index is 2.08. The standard InChI is InChI=1S/C16H13FINO/c1-9-3-2-4-10-7-14(20-16(9)10)15(19)12-6-5-11(17)8-13(12)18/h2-8,15H,19H2,1H3. The van der Waals surface area contributed by atoms with Crippen LogP contribution in [0.15, 0.2) is 46.9 Å². The van der Waals surface area contributed by atoms with E-state index in [2.05, 4.69) is 22.6 Å². The summed E-state index contributed by atoms with van der Waals surface area (Å²) < 4.78 is 19.8. The maximum atomic E-state index is 13.2. The predicted molar refractivity (Wildman–Crippen MR) is 86.1 cm³/mol. The van der Waals surface area contributed by atoms with Crippen molar-refractivity contribution in [2.75, 3.05) is 0 Å². The summed E-state index contributed by atoms with van der Waals surface area (Å²) >= 11 is 2.09. The minimum Gasteiger partial charge on any atom is -0.459 e. The minimum atomic E-state index is -0.394. The van der Waals surface area contributed by atoms with Gasteiger partial charge in [0.2, 0.25) is 0 Å². The van der Waals surface area contributed by atoms with Gasteiger partial charge in [-0.25, -0.2) is 4.39 Å². The van der Waals surface area contributed by atoms with E-state index >= 15 is 0 Å². The molecule has 0 radical (unpaired) electrons. The molecule has 102 valence electrons. The normalized spacial score (nSPS) is 12.8. The first-order valence-electron chi connectivity index (χ1n) is 6.26. The smallest absolute Gasteiger partial charge is 0.137 e. The molecular weight excluding hydrogens is 368 g/mol. The summed E-state index contributed by atoms with van der Waals surface area (Å²) in [5.41, 5.74) is 9.06. The summed E-state index contributed by atoms with van der Waals surface area (Å²) in [7, 11) is 0. The van der Waals surface area contributed by atoms with E-state index < -0.39 is 6.04 Å². The number of aryl methyl sites for hydroxylation is 1. The van der Waals surface area contributed by atoms with Crippen LogP contribution in [0.25, 0.3) is 11.0 Å². The fraction of sp³-hybridized carbons (Fsp3) is 0.125. The van der Waals surface area contributed by atoms with Gasteiger partial charge in [0.15, 0.2) is 0 Å². The molecule has 4 heteroatoms. The van der Waals surface area contributed by atoms with Crippen LogP contribution < -0.4 is 5.73 Å². The van der Waals surface area contributed by atoms with Crippen molar-refractivity contribution in [3.8, 4) is 0 Å². The van der Waals surface area contributed by atoms with Gasteiger partial charge in [-0.1, -0.05) is 24.3 Å². The molecule has 2 aromatic carbocycles. The summed E-state index contributed by atoms with van der Waals surface area (Å²) in [6.45, 7) is 2.00. The SMILES string of the molecule is Cc1cccc2cc(C(N)c3ccc(F)cc3I)oc12. The Morgan fingerprint density at radius 1 is 1.20 bits per heavy atom. The third-order valence-electron chi connectivity index (χ3n) is 3.36. The first-order chi connectivity index (χ1) is 9.56. The van der Waals surface area contributed by atoms with Crippen LogP contribution in [-0.2, 0) is 0 Å². The number of rotatable bonds is 2. The maximum Gasteiger partial charge on any atom is 0.137 e. The van der Waals surface area contributed by atoms with Crippen LogP contribution >= 0.6 is 22.6 Å². The second-order valence-electron chi connectivity index (χ2n) is 4.79. The van der Waals surface area contributed by atoms with Gasteiger partial charge in [0, 0.05) is 8.96 Å². The van der Waals surface area contributed by atoms with Gasteiger partial charge in [-0.3, -0.25) is 0 Å². The van der Waals surface area contributed by atoms with Crippen molar-refractivity contribution in [2.45, 2.75) is 13.0 Å². The molecule has 0 saturated carbocycles. The second-order valence-corrected chi connectivity index (χ2v) is 5.95. The van der Waals surface area contributed by atoms with Crippen LogP contribution in [0.1, 0.15) is 22.9 Å². The molecule has 1 unspecified atom stereocenters. The van der Waals surface area contributed by atoms with Gasteiger partial charge in [0.05, 0.1) is 6.04 Å². The Kier molecular flexibility index (Phi) is 3.52. The van der Waals surface area contributed by atoms with Crippen LogP contribution in [-0.4, -0.2) is 0 Å². The summed E-state index contributed by atoms with van der Waals surface area (Å²) in [6.07, 6.45) is 0. The quantitative estimate of drug-likeness (QED) is 0.663. The van der Waals surface area contributed by atoms with E-state index in [0.29, 0.717) is 5.76 Å². The summed E-state index contributed by atoms with van der Waals surface area (Å²) in [5, 5.41) is 1.03. The molecule has 20 heavy (non-hydrogen) atoms. The third-order valence-corrected chi connectivity index (χ3v) is 4.30. The largest absolute Gasteiger partial charge is 0.459 e. The summed E-state index contributed by atoms with van der Waals surface area (Å²) in [4.78, 5) is 0. The number of furan rings is 1. The van der Waals surface area contributed by atoms with Crippen LogP contribution in [0.3, 0.4) is 0 Å². The maximum absolute atomic E-state index is 13.2. The molecule has 0 saturated heterocycles. The molecule has 0 bridgehead atoms. The number of nitrogens with two attached hydrogens (primary N) is 1. The van der Waals surface area contributed by atoms with E-state index in [1.807, 2.05) is 31.2 Å². The van der Waals surface area contributed by atoms with Crippen LogP contribution in [0.5, 0.6) is 0 Å². The van der Waals surface area contributed by atoms with E-state index in [-0.39, 0.29) is 5.82 Å². The van der Waals surface area contributed by atoms with Gasteiger partial charge in [-0.05, 0) is 58.8 Å². The van der Waals surface area contributed by atoms with Gasteiger partial charge in [0.1, 0.15) is 17.2 Å². The van der Waals surface area contributed by atoms with Crippen LogP contribution in [0.4, 0.5) is 4.39 Å². The number of hydrogen-bond donors (Lipinski definition) is 1. The van der Waals surface area contributed by atoms with E-state index in [1.54, 1.807) is 6.07 Å². The zero-order valence-electron chi connectivity index (χ0n) is 10.9. The van der Waals surface area contributed by atoms with E-state index in [0.717, 1.165) is 25.7 Å². The fourth-order valence-electron chi connectivity index (χ4n) is 2.29. The average Bonchev–Trinajstić information content (AvgIpc) is 2.83. The second kappa shape index (κ2) is 5.18. The van der Waals surface area contributed by atoms with E-state index in [4.69, 9.17) is 10.2 Å². The zero-order chi connectivity index (χ0) is 14.3. The average molecular weight is 381 g/mol. The van der Waals surface area contributed by atoms with Crippen molar-refractivity contribution in [1.82, 2.24) is 0 Å². The van der Waals surface area contributed by atoms with Gasteiger partial charge < -0.3 is 10.2 Å².